The van der Waals surface area contributed by atoms with Gasteiger partial charge in [-0.1, -0.05) is 41.4 Å². The maximum atomic E-state index is 6.12. The molecule has 20 heavy (non-hydrogen) atoms. The average molecular weight is 310 g/mol. The van der Waals surface area contributed by atoms with Crippen LogP contribution in [0.25, 0.3) is 0 Å². The predicted molar refractivity (Wildman–Crippen MR) is 85.1 cm³/mol. The van der Waals surface area contributed by atoms with Crippen LogP contribution in [-0.2, 0) is 6.42 Å². The molecule has 0 aliphatic carbocycles. The predicted octanol–water partition coefficient (Wildman–Crippen LogP) is 4.98. The van der Waals surface area contributed by atoms with E-state index in [9.17, 15) is 0 Å². The molecule has 2 rings (SSSR count). The first kappa shape index (κ1) is 15.2. The third-order valence-corrected chi connectivity index (χ3v) is 3.73. The maximum Gasteiger partial charge on any atom is 0.147 e. The number of hydrogen-bond donors (Lipinski definition) is 1. The van der Waals surface area contributed by atoms with Crippen molar-refractivity contribution in [2.75, 3.05) is 0 Å². The van der Waals surface area contributed by atoms with Gasteiger partial charge in [0.1, 0.15) is 16.5 Å². The van der Waals surface area contributed by atoms with Crippen LogP contribution >= 0.6 is 23.2 Å². The molecule has 0 amide bonds. The summed E-state index contributed by atoms with van der Waals surface area (Å²) < 4.78 is 5.83. The number of halogens is 2. The first-order valence-electron chi connectivity index (χ1n) is 6.44. The second kappa shape index (κ2) is 6.49. The quantitative estimate of drug-likeness (QED) is 0.864. The van der Waals surface area contributed by atoms with Gasteiger partial charge in [-0.25, -0.2) is 0 Å². The second-order valence-electron chi connectivity index (χ2n) is 4.94. The fourth-order valence-corrected chi connectivity index (χ4v) is 2.34. The summed E-state index contributed by atoms with van der Waals surface area (Å²) in [5, 5.41) is 0.906. The van der Waals surface area contributed by atoms with E-state index in [1.54, 1.807) is 12.1 Å². The smallest absolute Gasteiger partial charge is 0.147 e. The highest BCUT2D eigenvalue weighted by Crippen LogP contribution is 2.35. The zero-order valence-corrected chi connectivity index (χ0v) is 13.0. The van der Waals surface area contributed by atoms with Gasteiger partial charge in [0.15, 0.2) is 0 Å². The molecule has 2 aromatic rings. The van der Waals surface area contributed by atoms with E-state index in [-0.39, 0.29) is 6.04 Å². The molecule has 0 saturated heterocycles. The molecule has 0 saturated carbocycles. The third-order valence-electron chi connectivity index (χ3n) is 2.93. The van der Waals surface area contributed by atoms with Gasteiger partial charge < -0.3 is 10.5 Å². The summed E-state index contributed by atoms with van der Waals surface area (Å²) in [5.74, 6) is 1.32. The summed E-state index contributed by atoms with van der Waals surface area (Å²) in [6, 6.07) is 11.5. The number of benzene rings is 2. The molecule has 0 heterocycles. The fraction of sp³-hybridized carbons (Fsp3) is 0.250. The van der Waals surface area contributed by atoms with E-state index in [1.807, 2.05) is 32.0 Å². The van der Waals surface area contributed by atoms with Crippen LogP contribution in [0.2, 0.25) is 10.0 Å². The minimum atomic E-state index is 0.142. The Balaban J connectivity index is 2.24. The highest BCUT2D eigenvalue weighted by Gasteiger charge is 2.09. The van der Waals surface area contributed by atoms with Crippen molar-refractivity contribution in [3.8, 4) is 11.5 Å². The van der Waals surface area contributed by atoms with Crippen LogP contribution in [0.4, 0.5) is 0 Å². The second-order valence-corrected chi connectivity index (χ2v) is 5.72. The van der Waals surface area contributed by atoms with Crippen LogP contribution in [0.15, 0.2) is 36.4 Å². The lowest BCUT2D eigenvalue weighted by Gasteiger charge is -2.13. The topological polar surface area (TPSA) is 35.2 Å². The molecule has 106 valence electrons. The van der Waals surface area contributed by atoms with Crippen molar-refractivity contribution in [1.82, 2.24) is 0 Å². The SMILES string of the molecule is Cc1cc(CC(C)N)ccc1Oc1cccc(Cl)c1Cl. The Morgan fingerprint density at radius 2 is 1.90 bits per heavy atom. The van der Waals surface area contributed by atoms with Crippen molar-refractivity contribution >= 4 is 23.2 Å². The van der Waals surface area contributed by atoms with Crippen molar-refractivity contribution < 1.29 is 4.74 Å². The molecular formula is C16H17Cl2NO. The lowest BCUT2D eigenvalue weighted by molar-refractivity contribution is 0.479. The van der Waals surface area contributed by atoms with Gasteiger partial charge in [0.2, 0.25) is 0 Å². The summed E-state index contributed by atoms with van der Waals surface area (Å²) in [7, 11) is 0. The van der Waals surface area contributed by atoms with Gasteiger partial charge in [0.25, 0.3) is 0 Å². The monoisotopic (exact) mass is 309 g/mol. The van der Waals surface area contributed by atoms with Gasteiger partial charge in [-0.15, -0.1) is 0 Å². The lowest BCUT2D eigenvalue weighted by Crippen LogP contribution is -2.17. The van der Waals surface area contributed by atoms with Gasteiger partial charge >= 0.3 is 0 Å². The van der Waals surface area contributed by atoms with E-state index in [0.29, 0.717) is 15.8 Å². The molecule has 1 atom stereocenters. The minimum absolute atomic E-state index is 0.142. The van der Waals surface area contributed by atoms with E-state index in [2.05, 4.69) is 6.07 Å². The number of rotatable bonds is 4. The highest BCUT2D eigenvalue weighted by atomic mass is 35.5. The molecule has 2 N–H and O–H groups in total. The Hall–Kier alpha value is -1.22. The third kappa shape index (κ3) is 3.66. The van der Waals surface area contributed by atoms with Gasteiger partial charge in [-0.05, 0) is 49.6 Å². The summed E-state index contributed by atoms with van der Waals surface area (Å²) in [6.07, 6.45) is 0.846. The van der Waals surface area contributed by atoms with Crippen molar-refractivity contribution in [2.24, 2.45) is 5.73 Å². The molecule has 0 spiro atoms. The standard InChI is InChI=1S/C16H17Cl2NO/c1-10-8-12(9-11(2)19)6-7-14(10)20-15-5-3-4-13(17)16(15)18/h3-8,11H,9,19H2,1-2H3. The van der Waals surface area contributed by atoms with E-state index in [1.165, 1.54) is 5.56 Å². The van der Waals surface area contributed by atoms with Crippen molar-refractivity contribution in [3.05, 3.63) is 57.6 Å². The summed E-state index contributed by atoms with van der Waals surface area (Å²) in [5.41, 5.74) is 8.05. The largest absolute Gasteiger partial charge is 0.455 e. The van der Waals surface area contributed by atoms with Crippen molar-refractivity contribution in [1.29, 1.82) is 0 Å². The van der Waals surface area contributed by atoms with E-state index in [0.717, 1.165) is 17.7 Å². The lowest BCUT2D eigenvalue weighted by atomic mass is 10.0. The Labute approximate surface area is 129 Å². The van der Waals surface area contributed by atoms with Crippen molar-refractivity contribution in [2.45, 2.75) is 26.3 Å². The molecule has 0 aliphatic rings. The van der Waals surface area contributed by atoms with Gasteiger partial charge in [0.05, 0.1) is 5.02 Å². The maximum absolute atomic E-state index is 6.12. The molecule has 0 radical (unpaired) electrons. The van der Waals surface area contributed by atoms with Gasteiger partial charge in [-0.3, -0.25) is 0 Å². The van der Waals surface area contributed by atoms with Crippen LogP contribution in [-0.4, -0.2) is 6.04 Å². The molecule has 2 aromatic carbocycles. The van der Waals surface area contributed by atoms with Crippen molar-refractivity contribution in [3.63, 3.8) is 0 Å². The molecular weight excluding hydrogens is 293 g/mol. The molecule has 4 heteroatoms. The van der Waals surface area contributed by atoms with Gasteiger partial charge in [-0.2, -0.15) is 0 Å². The van der Waals surface area contributed by atoms with Crippen LogP contribution in [0.5, 0.6) is 11.5 Å². The number of aryl methyl sites for hydroxylation is 1. The minimum Gasteiger partial charge on any atom is -0.455 e. The van der Waals surface area contributed by atoms with Crippen LogP contribution in [0, 0.1) is 6.92 Å². The van der Waals surface area contributed by atoms with Gasteiger partial charge in [0, 0.05) is 6.04 Å². The number of hydrogen-bond acceptors (Lipinski definition) is 2. The normalized spacial score (nSPS) is 12.2. The summed E-state index contributed by atoms with van der Waals surface area (Å²) >= 11 is 12.1. The van der Waals surface area contributed by atoms with Crippen LogP contribution in [0.1, 0.15) is 18.1 Å². The Morgan fingerprint density at radius 1 is 1.15 bits per heavy atom. The summed E-state index contributed by atoms with van der Waals surface area (Å²) in [6.45, 7) is 3.99. The molecule has 0 aromatic heterocycles. The van der Waals surface area contributed by atoms with E-state index >= 15 is 0 Å². The molecule has 0 aliphatic heterocycles. The fourth-order valence-electron chi connectivity index (χ4n) is 2.01. The first-order chi connectivity index (χ1) is 9.47. The first-order valence-corrected chi connectivity index (χ1v) is 7.20. The van der Waals surface area contributed by atoms with E-state index in [4.69, 9.17) is 33.7 Å². The highest BCUT2D eigenvalue weighted by molar-refractivity contribution is 6.42. The average Bonchev–Trinajstić information content (AvgIpc) is 2.37. The zero-order chi connectivity index (χ0) is 14.7. The Bertz CT molecular complexity index is 611. The van der Waals surface area contributed by atoms with E-state index < -0.39 is 0 Å². The Morgan fingerprint density at radius 3 is 2.55 bits per heavy atom. The summed E-state index contributed by atoms with van der Waals surface area (Å²) in [4.78, 5) is 0. The molecule has 1 unspecified atom stereocenters. The molecule has 0 fully saturated rings. The van der Waals surface area contributed by atoms with Crippen LogP contribution < -0.4 is 10.5 Å². The Kier molecular flexibility index (Phi) is 4.92. The van der Waals surface area contributed by atoms with Crippen LogP contribution in [0.3, 0.4) is 0 Å². The molecule has 0 bridgehead atoms. The zero-order valence-electron chi connectivity index (χ0n) is 11.5. The number of nitrogens with two attached hydrogens (primary N) is 1. The number of ether oxygens (including phenoxy) is 1. The molecule has 2 nitrogen and oxygen atoms in total.